The van der Waals surface area contributed by atoms with Crippen molar-refractivity contribution in [3.05, 3.63) is 65.2 Å². The number of hydrogen-bond acceptors (Lipinski definition) is 7. The van der Waals surface area contributed by atoms with Crippen molar-refractivity contribution in [3.8, 4) is 0 Å². The number of fused-ring (bicyclic) bond motifs is 1. The molecular weight excluding hydrogens is 370 g/mol. The Morgan fingerprint density at radius 1 is 0.963 bits per heavy atom. The average Bonchev–Trinajstić information content (AvgIpc) is 2.92. The minimum absolute atomic E-state index is 0.134. The summed E-state index contributed by atoms with van der Waals surface area (Å²) >= 11 is 1.11. The molecule has 0 saturated heterocycles. The summed E-state index contributed by atoms with van der Waals surface area (Å²) in [7, 11) is 1.28. The zero-order valence-electron chi connectivity index (χ0n) is 14.5. The molecule has 0 aromatic heterocycles. The topological polar surface area (TPSA) is 90.0 Å². The van der Waals surface area contributed by atoms with Gasteiger partial charge in [-0.15, -0.1) is 11.8 Å². The van der Waals surface area contributed by atoms with E-state index < -0.39 is 29.0 Å². The molecule has 1 aliphatic rings. The van der Waals surface area contributed by atoms with Crippen LogP contribution in [0.2, 0.25) is 0 Å². The first-order chi connectivity index (χ1) is 12.9. The standard InChI is InChI=1S/C19H15NO6S/c1-11(18(23)25-2)27-15-10-6-5-9-14(15)19(24)26-20-16(21)12-7-3-4-8-13(12)17(20)22/h3-11H,1-2H3. The molecule has 2 aromatic rings. The van der Waals surface area contributed by atoms with Crippen molar-refractivity contribution < 1.29 is 28.8 Å². The van der Waals surface area contributed by atoms with Crippen molar-refractivity contribution in [1.82, 2.24) is 5.06 Å². The van der Waals surface area contributed by atoms with Crippen LogP contribution in [-0.4, -0.2) is 41.2 Å². The lowest BCUT2D eigenvalue weighted by atomic mass is 10.1. The fourth-order valence-electron chi connectivity index (χ4n) is 2.52. The number of carbonyl (C=O) groups excluding carboxylic acids is 4. The van der Waals surface area contributed by atoms with E-state index >= 15 is 0 Å². The lowest BCUT2D eigenvalue weighted by Gasteiger charge is -2.15. The van der Waals surface area contributed by atoms with Crippen molar-refractivity contribution >= 4 is 35.5 Å². The van der Waals surface area contributed by atoms with Crippen LogP contribution in [-0.2, 0) is 14.4 Å². The van der Waals surface area contributed by atoms with Gasteiger partial charge < -0.3 is 9.57 Å². The van der Waals surface area contributed by atoms with Crippen LogP contribution in [0.4, 0.5) is 0 Å². The maximum absolute atomic E-state index is 12.6. The predicted molar refractivity (Wildman–Crippen MR) is 96.1 cm³/mol. The Balaban J connectivity index is 1.81. The van der Waals surface area contributed by atoms with Crippen molar-refractivity contribution in [1.29, 1.82) is 0 Å². The number of ether oxygens (including phenoxy) is 1. The zero-order valence-corrected chi connectivity index (χ0v) is 15.3. The van der Waals surface area contributed by atoms with Crippen LogP contribution in [0.1, 0.15) is 38.0 Å². The van der Waals surface area contributed by atoms with E-state index in [9.17, 15) is 19.2 Å². The Hall–Kier alpha value is -3.13. The quantitative estimate of drug-likeness (QED) is 0.444. The second kappa shape index (κ2) is 7.63. The highest BCUT2D eigenvalue weighted by Crippen LogP contribution is 2.29. The fourth-order valence-corrected chi connectivity index (χ4v) is 3.53. The van der Waals surface area contributed by atoms with Gasteiger partial charge in [0.1, 0.15) is 5.25 Å². The maximum Gasteiger partial charge on any atom is 0.365 e. The summed E-state index contributed by atoms with van der Waals surface area (Å²) in [5.74, 6) is -2.71. The molecule has 8 heteroatoms. The van der Waals surface area contributed by atoms with E-state index in [4.69, 9.17) is 4.84 Å². The molecule has 0 spiro atoms. The van der Waals surface area contributed by atoms with E-state index in [1.165, 1.54) is 25.3 Å². The summed E-state index contributed by atoms with van der Waals surface area (Å²) in [5.41, 5.74) is 0.490. The second-order valence-corrected chi connectivity index (χ2v) is 6.99. The van der Waals surface area contributed by atoms with Crippen molar-refractivity contribution in [2.24, 2.45) is 0 Å². The predicted octanol–water partition coefficient (Wildman–Crippen LogP) is 2.71. The molecule has 3 rings (SSSR count). The summed E-state index contributed by atoms with van der Waals surface area (Å²) < 4.78 is 4.68. The number of thioether (sulfide) groups is 1. The zero-order chi connectivity index (χ0) is 19.6. The van der Waals surface area contributed by atoms with Gasteiger partial charge in [-0.2, -0.15) is 0 Å². The fraction of sp³-hybridized carbons (Fsp3) is 0.158. The van der Waals surface area contributed by atoms with Crippen LogP contribution in [0.5, 0.6) is 0 Å². The third kappa shape index (κ3) is 3.56. The van der Waals surface area contributed by atoms with Gasteiger partial charge in [-0.3, -0.25) is 14.4 Å². The van der Waals surface area contributed by atoms with Crippen LogP contribution in [0, 0.1) is 0 Å². The third-order valence-corrected chi connectivity index (χ3v) is 5.03. The first kappa shape index (κ1) is 18.7. The molecule has 0 N–H and O–H groups in total. The molecule has 2 aromatic carbocycles. The van der Waals surface area contributed by atoms with Crippen molar-refractivity contribution in [2.45, 2.75) is 17.1 Å². The summed E-state index contributed by atoms with van der Waals surface area (Å²) in [4.78, 5) is 54.4. The molecule has 27 heavy (non-hydrogen) atoms. The monoisotopic (exact) mass is 385 g/mol. The van der Waals surface area contributed by atoms with Crippen molar-refractivity contribution in [2.75, 3.05) is 7.11 Å². The van der Waals surface area contributed by atoms with Gasteiger partial charge in [-0.05, 0) is 31.2 Å². The number of methoxy groups -OCH3 is 1. The molecule has 0 aliphatic carbocycles. The van der Waals surface area contributed by atoms with Gasteiger partial charge in [0.15, 0.2) is 0 Å². The molecule has 1 atom stereocenters. The van der Waals surface area contributed by atoms with Crippen LogP contribution < -0.4 is 0 Å². The van der Waals surface area contributed by atoms with E-state index in [1.807, 2.05) is 0 Å². The number of benzene rings is 2. The van der Waals surface area contributed by atoms with Gasteiger partial charge >= 0.3 is 11.9 Å². The number of esters is 1. The maximum atomic E-state index is 12.6. The summed E-state index contributed by atoms with van der Waals surface area (Å²) in [6.07, 6.45) is 0. The third-order valence-electron chi connectivity index (χ3n) is 3.87. The summed E-state index contributed by atoms with van der Waals surface area (Å²) in [6.45, 7) is 1.64. The second-order valence-electron chi connectivity index (χ2n) is 5.61. The minimum atomic E-state index is -0.871. The number of rotatable bonds is 5. The van der Waals surface area contributed by atoms with Gasteiger partial charge in [0.25, 0.3) is 11.8 Å². The molecule has 0 fully saturated rings. The highest BCUT2D eigenvalue weighted by Gasteiger charge is 2.39. The number of hydrogen-bond donors (Lipinski definition) is 0. The Kier molecular flexibility index (Phi) is 5.27. The number of carbonyl (C=O) groups is 4. The van der Waals surface area contributed by atoms with Gasteiger partial charge in [0.2, 0.25) is 0 Å². The number of amides is 2. The van der Waals surface area contributed by atoms with E-state index in [-0.39, 0.29) is 16.7 Å². The van der Waals surface area contributed by atoms with Gasteiger partial charge in [-0.1, -0.05) is 29.3 Å². The van der Waals surface area contributed by atoms with Gasteiger partial charge in [-0.25, -0.2) is 4.79 Å². The molecule has 1 aliphatic heterocycles. The molecule has 7 nitrogen and oxygen atoms in total. The molecule has 1 heterocycles. The molecule has 1 unspecified atom stereocenters. The molecular formula is C19H15NO6S. The van der Waals surface area contributed by atoms with Gasteiger partial charge in [0, 0.05) is 4.90 Å². The van der Waals surface area contributed by atoms with Gasteiger partial charge in [0.05, 0.1) is 23.8 Å². The Labute approximate surface area is 159 Å². The molecule has 0 saturated carbocycles. The van der Waals surface area contributed by atoms with Crippen LogP contribution >= 0.6 is 11.8 Å². The molecule has 0 radical (unpaired) electrons. The largest absolute Gasteiger partial charge is 0.468 e. The Bertz CT molecular complexity index is 906. The minimum Gasteiger partial charge on any atom is -0.468 e. The lowest BCUT2D eigenvalue weighted by Crippen LogP contribution is -2.32. The highest BCUT2D eigenvalue weighted by molar-refractivity contribution is 8.00. The Morgan fingerprint density at radius 2 is 1.52 bits per heavy atom. The number of nitrogens with zero attached hydrogens (tertiary/aromatic N) is 1. The van der Waals surface area contributed by atoms with Crippen molar-refractivity contribution in [3.63, 3.8) is 0 Å². The molecule has 0 bridgehead atoms. The molecule has 2 amide bonds. The van der Waals surface area contributed by atoms with Crippen LogP contribution in [0.25, 0.3) is 0 Å². The van der Waals surface area contributed by atoms with E-state index in [0.717, 1.165) is 11.8 Å². The molecule has 138 valence electrons. The number of hydroxylamine groups is 2. The first-order valence-electron chi connectivity index (χ1n) is 7.97. The first-order valence-corrected chi connectivity index (χ1v) is 8.85. The number of imide groups is 1. The summed E-state index contributed by atoms with van der Waals surface area (Å²) in [5, 5.41) is -0.0960. The van der Waals surface area contributed by atoms with E-state index in [2.05, 4.69) is 4.74 Å². The smallest absolute Gasteiger partial charge is 0.365 e. The van der Waals surface area contributed by atoms with E-state index in [0.29, 0.717) is 9.96 Å². The Morgan fingerprint density at radius 3 is 2.11 bits per heavy atom. The summed E-state index contributed by atoms with van der Waals surface area (Å²) in [6, 6.07) is 12.7. The lowest BCUT2D eigenvalue weighted by molar-refractivity contribution is -0.139. The SMILES string of the molecule is COC(=O)C(C)Sc1ccccc1C(=O)ON1C(=O)c2ccccc2C1=O. The van der Waals surface area contributed by atoms with Crippen LogP contribution in [0.15, 0.2) is 53.4 Å². The normalized spacial score (nSPS) is 13.9. The highest BCUT2D eigenvalue weighted by atomic mass is 32.2. The van der Waals surface area contributed by atoms with Crippen LogP contribution in [0.3, 0.4) is 0 Å². The average molecular weight is 385 g/mol. The van der Waals surface area contributed by atoms with E-state index in [1.54, 1.807) is 37.3 Å².